The van der Waals surface area contributed by atoms with Crippen LogP contribution in [0.1, 0.15) is 182 Å². The molecule has 0 aliphatic carbocycles. The number of unbranched alkanes of at least 4 members (excludes halogenated alkanes) is 16. The molecule has 8 atom stereocenters. The first-order valence-electron chi connectivity index (χ1n) is 23.2. The van der Waals surface area contributed by atoms with Crippen molar-refractivity contribution in [2.24, 2.45) is 23.3 Å². The second-order valence-corrected chi connectivity index (χ2v) is 17.1. The zero-order valence-electron chi connectivity index (χ0n) is 36.1. The summed E-state index contributed by atoms with van der Waals surface area (Å²) in [6.45, 7) is 13.7. The van der Waals surface area contributed by atoms with Gasteiger partial charge in [0.15, 0.2) is 0 Å². The molecule has 1 saturated heterocycles. The van der Waals surface area contributed by atoms with Crippen molar-refractivity contribution in [1.29, 1.82) is 0 Å². The zero-order valence-corrected chi connectivity index (χ0v) is 36.1. The summed E-state index contributed by atoms with van der Waals surface area (Å²) < 4.78 is 0. The van der Waals surface area contributed by atoms with Crippen LogP contribution in [-0.2, 0) is 0 Å². The largest absolute Gasteiger partial charge is 0.392 e. The molecule has 1 aliphatic heterocycles. The normalized spacial score (nSPS) is 19.0. The lowest BCUT2D eigenvalue weighted by atomic mass is 9.91. The van der Waals surface area contributed by atoms with Gasteiger partial charge in [-0.15, -0.1) is 0 Å². The molecule has 1 fully saturated rings. The molecule has 0 bridgehead atoms. The van der Waals surface area contributed by atoms with Crippen molar-refractivity contribution in [3.8, 4) is 0 Å². The van der Waals surface area contributed by atoms with Crippen molar-refractivity contribution in [3.05, 3.63) is 0 Å². The van der Waals surface area contributed by atoms with E-state index >= 15 is 0 Å². The number of hydrogen-bond donors (Lipinski definition) is 8. The summed E-state index contributed by atoms with van der Waals surface area (Å²) >= 11 is 0. The Kier molecular flexibility index (Phi) is 33.1. The molecule has 0 aromatic carbocycles. The summed E-state index contributed by atoms with van der Waals surface area (Å²) in [4.78, 5) is 4.69. The minimum atomic E-state index is -0.515. The molecule has 324 valence electrons. The van der Waals surface area contributed by atoms with Crippen LogP contribution in [-0.4, -0.2) is 119 Å². The van der Waals surface area contributed by atoms with Gasteiger partial charge < -0.3 is 31.9 Å². The monoisotopic (exact) mass is 771 g/mol. The minimum Gasteiger partial charge on any atom is -0.392 e. The van der Waals surface area contributed by atoms with E-state index in [2.05, 4.69) is 34.3 Å². The van der Waals surface area contributed by atoms with Gasteiger partial charge in [-0.3, -0.25) is 20.4 Å². The van der Waals surface area contributed by atoms with Gasteiger partial charge >= 0.3 is 0 Å². The summed E-state index contributed by atoms with van der Waals surface area (Å²) in [5.74, 6) is 0.849. The third-order valence-electron chi connectivity index (χ3n) is 12.0. The molecule has 0 aromatic rings. The third kappa shape index (κ3) is 25.8. The maximum Gasteiger partial charge on any atom is 0.0863 e. The molecule has 0 saturated carbocycles. The molecular formula is C44H94N6O4. The second-order valence-electron chi connectivity index (χ2n) is 17.1. The second kappa shape index (κ2) is 34.6. The predicted molar refractivity (Wildman–Crippen MR) is 229 cm³/mol. The van der Waals surface area contributed by atoms with E-state index in [4.69, 9.17) is 11.5 Å². The summed E-state index contributed by atoms with van der Waals surface area (Å²) in [6.07, 6.45) is 27.1. The van der Waals surface area contributed by atoms with Crippen LogP contribution in [0.15, 0.2) is 0 Å². The minimum absolute atomic E-state index is 0.131. The van der Waals surface area contributed by atoms with Gasteiger partial charge in [0, 0.05) is 39.3 Å². The SMILES string of the molecule is CCCCCCCCCCCC(CCNC(C(C)O)N1CCN(C(NCCC(CCCCCCCCCCC)CC(O)CN)C(C)O)CC1)CC(O)CN. The van der Waals surface area contributed by atoms with Crippen LogP contribution in [0.3, 0.4) is 0 Å². The molecule has 0 amide bonds. The Morgan fingerprint density at radius 1 is 0.463 bits per heavy atom. The third-order valence-corrected chi connectivity index (χ3v) is 12.0. The quantitative estimate of drug-likeness (QED) is 0.0327. The number of nitrogens with two attached hydrogens (primary N) is 2. The van der Waals surface area contributed by atoms with Crippen LogP contribution in [0.5, 0.6) is 0 Å². The smallest absolute Gasteiger partial charge is 0.0863 e. The van der Waals surface area contributed by atoms with Crippen LogP contribution < -0.4 is 22.1 Å². The van der Waals surface area contributed by atoms with Gasteiger partial charge in [0.25, 0.3) is 0 Å². The average Bonchev–Trinajstić information content (AvgIpc) is 3.16. The van der Waals surface area contributed by atoms with E-state index in [1.807, 2.05) is 13.8 Å². The lowest BCUT2D eigenvalue weighted by Crippen LogP contribution is -2.63. The zero-order chi connectivity index (χ0) is 39.8. The van der Waals surface area contributed by atoms with E-state index in [-0.39, 0.29) is 12.3 Å². The number of hydrogen-bond acceptors (Lipinski definition) is 10. The van der Waals surface area contributed by atoms with Crippen LogP contribution in [0.25, 0.3) is 0 Å². The first kappa shape index (κ1) is 51.6. The fourth-order valence-corrected chi connectivity index (χ4v) is 8.58. The van der Waals surface area contributed by atoms with Gasteiger partial charge in [0.05, 0.1) is 36.7 Å². The highest BCUT2D eigenvalue weighted by molar-refractivity contribution is 4.85. The highest BCUT2D eigenvalue weighted by atomic mass is 16.3. The molecular weight excluding hydrogens is 677 g/mol. The molecule has 10 heteroatoms. The van der Waals surface area contributed by atoms with Crippen LogP contribution in [0.2, 0.25) is 0 Å². The van der Waals surface area contributed by atoms with Crippen LogP contribution in [0, 0.1) is 11.8 Å². The number of piperazine rings is 1. The molecule has 1 heterocycles. The molecule has 8 unspecified atom stereocenters. The molecule has 0 spiro atoms. The number of rotatable bonds is 38. The van der Waals surface area contributed by atoms with Gasteiger partial charge in [-0.25, -0.2) is 0 Å². The molecule has 0 radical (unpaired) electrons. The first-order valence-corrected chi connectivity index (χ1v) is 23.2. The Morgan fingerprint density at radius 3 is 1.04 bits per heavy atom. The number of aliphatic hydroxyl groups is 4. The van der Waals surface area contributed by atoms with Crippen molar-refractivity contribution >= 4 is 0 Å². The van der Waals surface area contributed by atoms with E-state index in [1.165, 1.54) is 116 Å². The average molecular weight is 771 g/mol. The maximum absolute atomic E-state index is 10.8. The summed E-state index contributed by atoms with van der Waals surface area (Å²) in [6, 6.07) is 0. The van der Waals surface area contributed by atoms with Crippen molar-refractivity contribution in [1.82, 2.24) is 20.4 Å². The van der Waals surface area contributed by atoms with E-state index < -0.39 is 24.4 Å². The fourth-order valence-electron chi connectivity index (χ4n) is 8.58. The summed E-state index contributed by atoms with van der Waals surface area (Å²) in [7, 11) is 0. The summed E-state index contributed by atoms with van der Waals surface area (Å²) in [5, 5.41) is 49.7. The van der Waals surface area contributed by atoms with Gasteiger partial charge in [-0.2, -0.15) is 0 Å². The maximum atomic E-state index is 10.8. The highest BCUT2D eigenvalue weighted by Gasteiger charge is 2.31. The van der Waals surface area contributed by atoms with Gasteiger partial charge in [0.2, 0.25) is 0 Å². The Bertz CT molecular complexity index is 739. The Morgan fingerprint density at radius 2 is 0.759 bits per heavy atom. The molecule has 0 aromatic heterocycles. The van der Waals surface area contributed by atoms with Crippen molar-refractivity contribution in [3.63, 3.8) is 0 Å². The highest BCUT2D eigenvalue weighted by Crippen LogP contribution is 2.23. The molecule has 10 nitrogen and oxygen atoms in total. The Balaban J connectivity index is 2.54. The van der Waals surface area contributed by atoms with E-state index in [0.29, 0.717) is 24.9 Å². The Hall–Kier alpha value is -0.400. The molecule has 1 aliphatic rings. The lowest BCUT2D eigenvalue weighted by molar-refractivity contribution is -0.0262. The van der Waals surface area contributed by atoms with Crippen LogP contribution in [0.4, 0.5) is 0 Å². The number of nitrogens with zero attached hydrogens (tertiary/aromatic N) is 2. The van der Waals surface area contributed by atoms with E-state index in [1.54, 1.807) is 0 Å². The number of nitrogens with one attached hydrogen (secondary N) is 2. The summed E-state index contributed by atoms with van der Waals surface area (Å²) in [5.41, 5.74) is 11.6. The van der Waals surface area contributed by atoms with Crippen molar-refractivity contribution < 1.29 is 20.4 Å². The van der Waals surface area contributed by atoms with Gasteiger partial charge in [-0.05, 0) is 64.5 Å². The van der Waals surface area contributed by atoms with E-state index in [9.17, 15) is 20.4 Å². The van der Waals surface area contributed by atoms with Gasteiger partial charge in [0.1, 0.15) is 0 Å². The van der Waals surface area contributed by atoms with Crippen molar-refractivity contribution in [2.75, 3.05) is 52.4 Å². The van der Waals surface area contributed by atoms with Crippen molar-refractivity contribution in [2.45, 2.75) is 219 Å². The fraction of sp³-hybridized carbons (Fsp3) is 1.00. The van der Waals surface area contributed by atoms with Gasteiger partial charge in [-0.1, -0.05) is 142 Å². The first-order chi connectivity index (χ1) is 26.2. The number of aliphatic hydroxyl groups excluding tert-OH is 4. The van der Waals surface area contributed by atoms with E-state index in [0.717, 1.165) is 77.8 Å². The van der Waals surface area contributed by atoms with Crippen LogP contribution >= 0.6 is 0 Å². The molecule has 54 heavy (non-hydrogen) atoms. The topological polar surface area (TPSA) is 164 Å². The molecule has 10 N–H and O–H groups in total. The lowest BCUT2D eigenvalue weighted by Gasteiger charge is -2.44. The Labute approximate surface area is 334 Å². The predicted octanol–water partition coefficient (Wildman–Crippen LogP) is 6.47. The molecule has 1 rings (SSSR count). The standard InChI is InChI=1S/C44H94N6O4/c1-5-7-9-11-13-15-17-19-21-23-39(33-41(53)35-45)25-27-47-43(37(3)51)49-29-31-50(32-30-49)44(38(4)52)48-28-26-40(34-42(54)36-46)24-22-20-18-16-14-12-10-8-6-2/h37-44,47-48,51-54H,5-36,45-46H2,1-4H3.